The molecule has 8 nitrogen and oxygen atoms in total. The minimum atomic E-state index is -4.73. The highest BCUT2D eigenvalue weighted by Crippen LogP contribution is 2.46. The number of amides is 1. The van der Waals surface area contributed by atoms with Crippen molar-refractivity contribution in [1.29, 1.82) is 0 Å². The first kappa shape index (κ1) is 31.9. The van der Waals surface area contributed by atoms with Gasteiger partial charge in [-0.3, -0.25) is 14.5 Å². The molecule has 3 fully saturated rings. The van der Waals surface area contributed by atoms with Crippen molar-refractivity contribution in [3.05, 3.63) is 53.5 Å². The number of rotatable bonds is 7. The molecule has 0 unspecified atom stereocenters. The Kier molecular flexibility index (Phi) is 8.97. The van der Waals surface area contributed by atoms with E-state index >= 15 is 0 Å². The fraction of sp³-hybridized carbons (Fsp3) is 0.618. The monoisotopic (exact) mass is 626 g/mol. The molecule has 0 atom stereocenters. The summed E-state index contributed by atoms with van der Waals surface area (Å²) in [6, 6.07) is 5.59. The van der Waals surface area contributed by atoms with Crippen molar-refractivity contribution in [2.45, 2.75) is 89.5 Å². The number of nitrogens with one attached hydrogen (secondary N) is 2. The van der Waals surface area contributed by atoms with Gasteiger partial charge in [-0.2, -0.15) is 18.3 Å². The average Bonchev–Trinajstić information content (AvgIpc) is 3.43. The van der Waals surface area contributed by atoms with Crippen LogP contribution in [0, 0.1) is 11.3 Å². The van der Waals surface area contributed by atoms with E-state index in [1.807, 2.05) is 10.9 Å². The summed E-state index contributed by atoms with van der Waals surface area (Å²) >= 11 is 0. The van der Waals surface area contributed by atoms with Gasteiger partial charge in [0.25, 0.3) is 5.91 Å². The maximum Gasteiger partial charge on any atom is 0.418 e. The first-order valence-corrected chi connectivity index (χ1v) is 16.4. The molecule has 2 saturated heterocycles. The molecule has 1 aromatic carbocycles. The molecule has 1 spiro atoms. The van der Waals surface area contributed by atoms with Gasteiger partial charge >= 0.3 is 6.18 Å². The Morgan fingerprint density at radius 3 is 2.44 bits per heavy atom. The van der Waals surface area contributed by atoms with Crippen molar-refractivity contribution in [3.63, 3.8) is 0 Å². The molecule has 3 aliphatic rings. The van der Waals surface area contributed by atoms with Crippen LogP contribution in [0.25, 0.3) is 10.9 Å². The van der Waals surface area contributed by atoms with Crippen LogP contribution in [0.2, 0.25) is 0 Å². The van der Waals surface area contributed by atoms with Crippen LogP contribution >= 0.6 is 0 Å². The highest BCUT2D eigenvalue weighted by Gasteiger charge is 2.37. The van der Waals surface area contributed by atoms with Gasteiger partial charge in [0.1, 0.15) is 5.69 Å². The maximum absolute atomic E-state index is 13.5. The number of halogens is 3. The Morgan fingerprint density at radius 1 is 1.07 bits per heavy atom. The molecule has 0 radical (unpaired) electrons. The summed E-state index contributed by atoms with van der Waals surface area (Å²) < 4.78 is 42.6. The summed E-state index contributed by atoms with van der Waals surface area (Å²) in [6.07, 6.45) is 9.82. The first-order chi connectivity index (χ1) is 21.4. The van der Waals surface area contributed by atoms with E-state index in [2.05, 4.69) is 20.5 Å². The minimum Gasteiger partial charge on any atom is -0.386 e. The maximum atomic E-state index is 13.5. The van der Waals surface area contributed by atoms with E-state index < -0.39 is 28.9 Å². The zero-order chi connectivity index (χ0) is 31.8. The quantitative estimate of drug-likeness (QED) is 0.277. The second kappa shape index (κ2) is 12.6. The molecule has 0 bridgehead atoms. The Bertz CT molecular complexity index is 1490. The number of hydrogen-bond donors (Lipinski definition) is 3. The molecule has 3 aromatic rings. The third kappa shape index (κ3) is 7.20. The normalized spacial score (nSPS) is 20.6. The minimum absolute atomic E-state index is 0.224. The summed E-state index contributed by atoms with van der Waals surface area (Å²) in [6.45, 7) is 8.69. The van der Waals surface area contributed by atoms with E-state index in [0.717, 1.165) is 62.1 Å². The molecule has 11 heteroatoms. The van der Waals surface area contributed by atoms with E-state index in [0.29, 0.717) is 16.5 Å². The number of carbonyl (C=O) groups is 1. The molecule has 4 heterocycles. The van der Waals surface area contributed by atoms with Gasteiger partial charge in [-0.25, -0.2) is 0 Å². The van der Waals surface area contributed by atoms with Gasteiger partial charge in [0, 0.05) is 42.1 Å². The summed E-state index contributed by atoms with van der Waals surface area (Å²) in [7, 11) is 0. The van der Waals surface area contributed by atoms with Crippen LogP contribution in [0.3, 0.4) is 0 Å². The number of likely N-dealkylation sites (tertiary alicyclic amines) is 1. The third-order valence-corrected chi connectivity index (χ3v) is 10.5. The molecular weight excluding hydrogens is 581 g/mol. The van der Waals surface area contributed by atoms with Crippen LogP contribution in [-0.2, 0) is 11.8 Å². The summed E-state index contributed by atoms with van der Waals surface area (Å²) in [5.74, 6) is -0.149. The highest BCUT2D eigenvalue weighted by molar-refractivity contribution is 6.05. The molecule has 6 rings (SSSR count). The molecule has 3 N–H and O–H groups in total. The lowest BCUT2D eigenvalue weighted by Gasteiger charge is -2.43. The van der Waals surface area contributed by atoms with Crippen LogP contribution in [0.5, 0.6) is 0 Å². The van der Waals surface area contributed by atoms with Crippen molar-refractivity contribution >= 4 is 22.5 Å². The zero-order valence-corrected chi connectivity index (χ0v) is 26.3. The number of fused-ring (bicyclic) bond motifs is 1. The van der Waals surface area contributed by atoms with Crippen LogP contribution in [0.15, 0.2) is 36.7 Å². The van der Waals surface area contributed by atoms with Gasteiger partial charge in [-0.15, -0.1) is 0 Å². The lowest BCUT2D eigenvalue weighted by Crippen LogP contribution is -2.40. The fourth-order valence-corrected chi connectivity index (χ4v) is 7.69. The number of benzene rings is 1. The second-order valence-electron chi connectivity index (χ2n) is 14.0. The molecule has 2 aromatic heterocycles. The standard InChI is InChI=1S/C34H45F3N6O2/c1-32(2,45)27-21-28-24(20-29(27)40-31(44)30-26(34(35,36)37)4-3-14-39-30)22-43(41-28)25-8-18-42(19-9-25)17-7-23-5-10-33(11-6-23)12-15-38-16-13-33/h3-4,14,20-23,25,38,45H,5-13,15-19H2,1-2H3,(H,40,44). The SMILES string of the molecule is CC(C)(O)c1cc2nn(C3CCN(CCC4CCC5(CCNCC5)CC4)CC3)cc2cc1NC(=O)c1ncccc1C(F)(F)F. The number of alkyl halides is 3. The number of aliphatic hydroxyl groups is 1. The van der Waals surface area contributed by atoms with Crippen molar-refractivity contribution in [2.75, 3.05) is 38.0 Å². The number of hydrogen-bond acceptors (Lipinski definition) is 6. The number of pyridine rings is 1. The Morgan fingerprint density at radius 2 is 1.78 bits per heavy atom. The van der Waals surface area contributed by atoms with Gasteiger partial charge in [0.15, 0.2) is 0 Å². The van der Waals surface area contributed by atoms with Crippen LogP contribution < -0.4 is 10.6 Å². The van der Waals surface area contributed by atoms with E-state index in [-0.39, 0.29) is 11.7 Å². The van der Waals surface area contributed by atoms with Crippen LogP contribution in [0.1, 0.15) is 99.3 Å². The molecule has 2 aliphatic heterocycles. The van der Waals surface area contributed by atoms with Gasteiger partial charge in [0.05, 0.1) is 22.7 Å². The summed E-state index contributed by atoms with van der Waals surface area (Å²) in [5, 5.41) is 22.6. The third-order valence-electron chi connectivity index (χ3n) is 10.5. The zero-order valence-electron chi connectivity index (χ0n) is 26.3. The smallest absolute Gasteiger partial charge is 0.386 e. The number of anilines is 1. The number of piperidine rings is 2. The largest absolute Gasteiger partial charge is 0.418 e. The van der Waals surface area contributed by atoms with Gasteiger partial charge in [-0.05, 0) is 127 Å². The van der Waals surface area contributed by atoms with Gasteiger partial charge in [0.2, 0.25) is 0 Å². The molecule has 1 amide bonds. The fourth-order valence-electron chi connectivity index (χ4n) is 7.69. The topological polar surface area (TPSA) is 95.3 Å². The molecule has 244 valence electrons. The second-order valence-corrected chi connectivity index (χ2v) is 14.0. The average molecular weight is 627 g/mol. The Hall–Kier alpha value is -3.02. The Balaban J connectivity index is 1.09. The lowest BCUT2D eigenvalue weighted by atomic mass is 9.65. The Labute approximate surface area is 262 Å². The molecular formula is C34H45F3N6O2. The van der Waals surface area contributed by atoms with E-state index in [1.54, 1.807) is 26.0 Å². The van der Waals surface area contributed by atoms with Gasteiger partial charge < -0.3 is 20.6 Å². The predicted molar refractivity (Wildman–Crippen MR) is 168 cm³/mol. The van der Waals surface area contributed by atoms with Gasteiger partial charge in [-0.1, -0.05) is 0 Å². The molecule has 1 saturated carbocycles. The molecule has 45 heavy (non-hydrogen) atoms. The van der Waals surface area contributed by atoms with E-state index in [4.69, 9.17) is 5.10 Å². The van der Waals surface area contributed by atoms with E-state index in [9.17, 15) is 23.1 Å². The van der Waals surface area contributed by atoms with Crippen LogP contribution in [-0.4, -0.2) is 63.4 Å². The van der Waals surface area contributed by atoms with Crippen molar-refractivity contribution < 1.29 is 23.1 Å². The number of nitrogens with zero attached hydrogens (tertiary/aromatic N) is 4. The van der Waals surface area contributed by atoms with Crippen molar-refractivity contribution in [1.82, 2.24) is 25.0 Å². The molecule has 1 aliphatic carbocycles. The highest BCUT2D eigenvalue weighted by atomic mass is 19.4. The lowest BCUT2D eigenvalue weighted by molar-refractivity contribution is -0.138. The summed E-state index contributed by atoms with van der Waals surface area (Å²) in [4.78, 5) is 19.3. The number of aromatic nitrogens is 3. The summed E-state index contributed by atoms with van der Waals surface area (Å²) in [5.41, 5.74) is -1.35. The van der Waals surface area contributed by atoms with Crippen LogP contribution in [0.4, 0.5) is 18.9 Å². The number of carbonyl (C=O) groups excluding carboxylic acids is 1. The first-order valence-electron chi connectivity index (χ1n) is 16.4. The van der Waals surface area contributed by atoms with E-state index in [1.165, 1.54) is 58.0 Å². The van der Waals surface area contributed by atoms with Crippen molar-refractivity contribution in [3.8, 4) is 0 Å². The predicted octanol–water partition coefficient (Wildman–Crippen LogP) is 6.52. The van der Waals surface area contributed by atoms with Crippen molar-refractivity contribution in [2.24, 2.45) is 11.3 Å².